The van der Waals surface area contributed by atoms with Gasteiger partial charge in [0, 0.05) is 6.55 Å². The fourth-order valence-electron chi connectivity index (χ4n) is 2.65. The molecule has 1 fully saturated rings. The highest BCUT2D eigenvalue weighted by Crippen LogP contribution is 2.31. The molecular formula is C12H30O6Si4. The lowest BCUT2D eigenvalue weighted by molar-refractivity contribution is -0.141. The maximum Gasteiger partial charge on any atom is 0.546 e. The first-order valence-electron chi connectivity index (χ1n) is 7.73. The summed E-state index contributed by atoms with van der Waals surface area (Å²) in [4.78, 5) is 12.2. The molecule has 0 N–H and O–H groups in total. The molecule has 10 heteroatoms. The van der Waals surface area contributed by atoms with Crippen LogP contribution in [0.15, 0.2) is 0 Å². The molecule has 1 aliphatic heterocycles. The van der Waals surface area contributed by atoms with E-state index in [1.165, 1.54) is 0 Å². The largest absolute Gasteiger partial charge is 0.546 e. The van der Waals surface area contributed by atoms with Gasteiger partial charge >= 0.3 is 34.5 Å². The Kier molecular flexibility index (Phi) is 6.06. The van der Waals surface area contributed by atoms with E-state index in [4.69, 9.17) is 20.9 Å². The van der Waals surface area contributed by atoms with Crippen LogP contribution >= 0.6 is 0 Å². The molecule has 1 aliphatic rings. The van der Waals surface area contributed by atoms with Gasteiger partial charge in [-0.2, -0.15) is 0 Å². The van der Waals surface area contributed by atoms with Crippen molar-refractivity contribution in [2.45, 2.75) is 66.1 Å². The normalized spacial score (nSPS) is 27.3. The number of carbonyl (C=O) groups excluding carboxylic acids is 1. The molecule has 22 heavy (non-hydrogen) atoms. The van der Waals surface area contributed by atoms with E-state index in [9.17, 15) is 4.79 Å². The minimum atomic E-state index is -3.15. The van der Waals surface area contributed by atoms with Crippen LogP contribution in [0.1, 0.15) is 20.3 Å². The minimum Gasteiger partial charge on any atom is -0.474 e. The van der Waals surface area contributed by atoms with Crippen molar-refractivity contribution in [1.82, 2.24) is 0 Å². The molecule has 0 aromatic rings. The van der Waals surface area contributed by atoms with Crippen LogP contribution < -0.4 is 0 Å². The van der Waals surface area contributed by atoms with Gasteiger partial charge in [-0.1, -0.05) is 13.8 Å². The van der Waals surface area contributed by atoms with Gasteiger partial charge in [0.25, 0.3) is 5.97 Å². The summed E-state index contributed by atoms with van der Waals surface area (Å²) in [6, 6.07) is 0. The van der Waals surface area contributed by atoms with Crippen molar-refractivity contribution in [3.05, 3.63) is 0 Å². The molecule has 1 atom stereocenters. The maximum atomic E-state index is 12.2. The zero-order chi connectivity index (χ0) is 17.4. The van der Waals surface area contributed by atoms with Crippen molar-refractivity contribution in [2.75, 3.05) is 0 Å². The molecule has 0 saturated carbocycles. The van der Waals surface area contributed by atoms with Crippen molar-refractivity contribution in [2.24, 2.45) is 5.92 Å². The Morgan fingerprint density at radius 3 is 1.59 bits per heavy atom. The third-order valence-electron chi connectivity index (χ3n) is 3.15. The molecule has 0 aliphatic carbocycles. The lowest BCUT2D eigenvalue weighted by Crippen LogP contribution is -2.66. The van der Waals surface area contributed by atoms with E-state index in [0.717, 1.165) is 6.42 Å². The Hall–Kier alpha value is 0.178. The smallest absolute Gasteiger partial charge is 0.474 e. The van der Waals surface area contributed by atoms with E-state index in [1.54, 1.807) is 6.55 Å². The van der Waals surface area contributed by atoms with Crippen LogP contribution in [0.3, 0.4) is 0 Å². The third-order valence-corrected chi connectivity index (χ3v) is 18.5. The average Bonchev–Trinajstić information content (AvgIpc) is 2.19. The Balaban J connectivity index is 3.04. The van der Waals surface area contributed by atoms with Gasteiger partial charge in [0.1, 0.15) is 0 Å². The van der Waals surface area contributed by atoms with Gasteiger partial charge in [-0.15, -0.1) is 0 Å². The molecular weight excluding hydrogens is 352 g/mol. The Morgan fingerprint density at radius 2 is 1.23 bits per heavy atom. The standard InChI is InChI=1S/C12H30O6Si4/c1-10-11(2)12(13)14-22(9)17-20(5,6)15-19(3,4)16-21(7,8)18-22/h11H,10H2,1-9H3. The third kappa shape index (κ3) is 6.00. The molecule has 0 radical (unpaired) electrons. The summed E-state index contributed by atoms with van der Waals surface area (Å²) in [5, 5.41) is 0. The molecule has 0 aromatic carbocycles. The minimum absolute atomic E-state index is 0.177. The van der Waals surface area contributed by atoms with Crippen molar-refractivity contribution < 1.29 is 25.7 Å². The van der Waals surface area contributed by atoms with E-state index in [2.05, 4.69) is 0 Å². The lowest BCUT2D eigenvalue weighted by atomic mass is 10.1. The van der Waals surface area contributed by atoms with Gasteiger partial charge in [-0.25, -0.2) is 0 Å². The lowest BCUT2D eigenvalue weighted by Gasteiger charge is -2.46. The first kappa shape index (κ1) is 20.2. The second-order valence-corrected chi connectivity index (χ2v) is 20.8. The first-order chi connectivity index (χ1) is 9.69. The fourth-order valence-corrected chi connectivity index (χ4v) is 22.3. The molecule has 1 heterocycles. The van der Waals surface area contributed by atoms with Crippen molar-refractivity contribution in [1.29, 1.82) is 0 Å². The number of hydrogen-bond donors (Lipinski definition) is 0. The van der Waals surface area contributed by atoms with Gasteiger partial charge in [0.2, 0.25) is 0 Å². The molecule has 6 nitrogen and oxygen atoms in total. The second kappa shape index (κ2) is 6.59. The summed E-state index contributed by atoms with van der Waals surface area (Å²) < 4.78 is 30.4. The van der Waals surface area contributed by atoms with E-state index >= 15 is 0 Å². The SMILES string of the molecule is CCC(C)C(=O)O[Si]1(C)O[Si](C)(C)O[Si](C)(C)O[Si](C)(C)O1. The molecule has 1 unspecified atom stereocenters. The Morgan fingerprint density at radius 1 is 0.864 bits per heavy atom. The van der Waals surface area contributed by atoms with E-state index in [1.807, 2.05) is 53.1 Å². The maximum absolute atomic E-state index is 12.2. The number of hydrogen-bond acceptors (Lipinski definition) is 6. The highest BCUT2D eigenvalue weighted by atomic mass is 28.5. The van der Waals surface area contributed by atoms with Crippen LogP contribution in [0.2, 0.25) is 45.8 Å². The second-order valence-electron chi connectivity index (χ2n) is 7.20. The summed E-state index contributed by atoms with van der Waals surface area (Å²) in [5.74, 6) is -0.451. The van der Waals surface area contributed by atoms with Crippen molar-refractivity contribution in [3.63, 3.8) is 0 Å². The average molecular weight is 383 g/mol. The molecule has 130 valence electrons. The topological polar surface area (TPSA) is 63.2 Å². The number of carbonyl (C=O) groups is 1. The fraction of sp³-hybridized carbons (Fsp3) is 0.917. The van der Waals surface area contributed by atoms with Gasteiger partial charge in [0.15, 0.2) is 0 Å². The summed E-state index contributed by atoms with van der Waals surface area (Å²) >= 11 is 0. The molecule has 1 saturated heterocycles. The van der Waals surface area contributed by atoms with Crippen molar-refractivity contribution in [3.8, 4) is 0 Å². The first-order valence-corrected chi connectivity index (χ1v) is 18.4. The number of rotatable bonds is 3. The van der Waals surface area contributed by atoms with E-state index in [0.29, 0.717) is 0 Å². The molecule has 0 bridgehead atoms. The molecule has 0 amide bonds. The Bertz CT molecular complexity index is 404. The summed E-state index contributed by atoms with van der Waals surface area (Å²) in [7, 11) is -10.5. The van der Waals surface area contributed by atoms with Crippen LogP contribution in [-0.4, -0.2) is 40.5 Å². The van der Waals surface area contributed by atoms with Gasteiger partial charge in [-0.05, 0) is 45.7 Å². The predicted octanol–water partition coefficient (Wildman–Crippen LogP) is 3.33. The Labute approximate surface area is 138 Å². The van der Waals surface area contributed by atoms with E-state index < -0.39 is 34.5 Å². The molecule has 0 spiro atoms. The highest BCUT2D eigenvalue weighted by Gasteiger charge is 2.56. The van der Waals surface area contributed by atoms with E-state index in [-0.39, 0.29) is 11.9 Å². The van der Waals surface area contributed by atoms with Crippen LogP contribution in [0.25, 0.3) is 0 Å². The molecule has 1 rings (SSSR count). The zero-order valence-electron chi connectivity index (χ0n) is 15.2. The summed E-state index contributed by atoms with van der Waals surface area (Å²) in [5.41, 5.74) is 0. The highest BCUT2D eigenvalue weighted by molar-refractivity contribution is 6.91. The quantitative estimate of drug-likeness (QED) is 0.698. The van der Waals surface area contributed by atoms with Gasteiger partial charge in [-0.3, -0.25) is 4.79 Å². The van der Waals surface area contributed by atoms with Crippen LogP contribution in [-0.2, 0) is 25.7 Å². The summed E-state index contributed by atoms with van der Waals surface area (Å²) in [6.07, 6.45) is 0.720. The van der Waals surface area contributed by atoms with Crippen molar-refractivity contribution >= 4 is 40.5 Å². The summed E-state index contributed by atoms with van der Waals surface area (Å²) in [6.45, 7) is 17.3. The van der Waals surface area contributed by atoms with Crippen LogP contribution in [0, 0.1) is 5.92 Å². The predicted molar refractivity (Wildman–Crippen MR) is 94.0 cm³/mol. The van der Waals surface area contributed by atoms with Crippen LogP contribution in [0.5, 0.6) is 0 Å². The van der Waals surface area contributed by atoms with Gasteiger partial charge < -0.3 is 20.9 Å². The van der Waals surface area contributed by atoms with Gasteiger partial charge in [0.05, 0.1) is 5.92 Å². The van der Waals surface area contributed by atoms with Crippen LogP contribution in [0.4, 0.5) is 0 Å². The monoisotopic (exact) mass is 382 g/mol. The molecule has 0 aromatic heterocycles. The zero-order valence-corrected chi connectivity index (χ0v) is 19.2.